The third-order valence-corrected chi connectivity index (χ3v) is 2.95. The highest BCUT2D eigenvalue weighted by molar-refractivity contribution is 5.90. The molecule has 0 aromatic carbocycles. The molecule has 0 spiro atoms. The first-order chi connectivity index (χ1) is 7.22. The molecule has 1 fully saturated rings. The fourth-order valence-corrected chi connectivity index (χ4v) is 2.12. The first kappa shape index (κ1) is 10.2. The summed E-state index contributed by atoms with van der Waals surface area (Å²) in [5, 5.41) is 6.84. The van der Waals surface area contributed by atoms with Crippen molar-refractivity contribution in [2.75, 3.05) is 6.61 Å². The van der Waals surface area contributed by atoms with Crippen LogP contribution in [0, 0.1) is 5.92 Å². The minimum atomic E-state index is -0.263. The molecule has 4 nitrogen and oxygen atoms in total. The second kappa shape index (κ2) is 4.04. The first-order valence-corrected chi connectivity index (χ1v) is 5.42. The molecule has 82 valence electrons. The van der Waals surface area contributed by atoms with Crippen LogP contribution >= 0.6 is 0 Å². The van der Waals surface area contributed by atoms with Gasteiger partial charge in [0.2, 0.25) is 0 Å². The van der Waals surface area contributed by atoms with E-state index in [0.717, 1.165) is 24.5 Å². The number of esters is 1. The van der Waals surface area contributed by atoms with Crippen LogP contribution in [0.25, 0.3) is 0 Å². The SMILES string of the molecule is CCOC(=O)c1cn[nH]c1C1CC(C)C1. The van der Waals surface area contributed by atoms with Crippen LogP contribution in [-0.4, -0.2) is 22.8 Å². The zero-order valence-corrected chi connectivity index (χ0v) is 9.12. The Morgan fingerprint density at radius 3 is 3.00 bits per heavy atom. The Kier molecular flexibility index (Phi) is 2.75. The average molecular weight is 208 g/mol. The molecule has 0 bridgehead atoms. The zero-order valence-electron chi connectivity index (χ0n) is 9.12. The van der Waals surface area contributed by atoms with Gasteiger partial charge in [-0.05, 0) is 25.7 Å². The number of hydrogen-bond donors (Lipinski definition) is 1. The molecule has 1 aliphatic rings. The second-order valence-corrected chi connectivity index (χ2v) is 4.19. The van der Waals surface area contributed by atoms with Crippen molar-refractivity contribution in [3.8, 4) is 0 Å². The van der Waals surface area contributed by atoms with E-state index in [9.17, 15) is 4.79 Å². The Balaban J connectivity index is 2.11. The Hall–Kier alpha value is -1.32. The van der Waals surface area contributed by atoms with Gasteiger partial charge in [0.25, 0.3) is 0 Å². The summed E-state index contributed by atoms with van der Waals surface area (Å²) in [6, 6.07) is 0. The lowest BCUT2D eigenvalue weighted by molar-refractivity contribution is 0.0523. The highest BCUT2D eigenvalue weighted by atomic mass is 16.5. The molecule has 1 aromatic heterocycles. The third kappa shape index (κ3) is 1.89. The zero-order chi connectivity index (χ0) is 10.8. The lowest BCUT2D eigenvalue weighted by Gasteiger charge is -2.32. The van der Waals surface area contributed by atoms with E-state index in [-0.39, 0.29) is 5.97 Å². The Labute approximate surface area is 89.0 Å². The predicted molar refractivity (Wildman–Crippen MR) is 55.7 cm³/mol. The molecule has 0 unspecified atom stereocenters. The fraction of sp³-hybridized carbons (Fsp3) is 0.636. The van der Waals surface area contributed by atoms with Gasteiger partial charge in [-0.25, -0.2) is 4.79 Å². The monoisotopic (exact) mass is 208 g/mol. The topological polar surface area (TPSA) is 55.0 Å². The van der Waals surface area contributed by atoms with Crippen molar-refractivity contribution in [1.29, 1.82) is 0 Å². The van der Waals surface area contributed by atoms with Gasteiger partial charge in [0, 0.05) is 5.92 Å². The van der Waals surface area contributed by atoms with Crippen LogP contribution in [0.5, 0.6) is 0 Å². The van der Waals surface area contributed by atoms with Gasteiger partial charge >= 0.3 is 5.97 Å². The molecule has 1 aliphatic carbocycles. The van der Waals surface area contributed by atoms with E-state index in [1.807, 2.05) is 6.92 Å². The van der Waals surface area contributed by atoms with E-state index in [1.165, 1.54) is 0 Å². The molecule has 2 rings (SSSR count). The van der Waals surface area contributed by atoms with Crippen LogP contribution in [0.4, 0.5) is 0 Å². The lowest BCUT2D eigenvalue weighted by atomic mass is 9.73. The number of nitrogens with one attached hydrogen (secondary N) is 1. The van der Waals surface area contributed by atoms with Gasteiger partial charge < -0.3 is 4.74 Å². The number of hydrogen-bond acceptors (Lipinski definition) is 3. The minimum absolute atomic E-state index is 0.263. The summed E-state index contributed by atoms with van der Waals surface area (Å²) in [5.41, 5.74) is 1.56. The smallest absolute Gasteiger partial charge is 0.341 e. The van der Waals surface area contributed by atoms with Crippen molar-refractivity contribution in [1.82, 2.24) is 10.2 Å². The van der Waals surface area contributed by atoms with Crippen molar-refractivity contribution in [2.45, 2.75) is 32.6 Å². The second-order valence-electron chi connectivity index (χ2n) is 4.19. The van der Waals surface area contributed by atoms with Crippen LogP contribution in [0.1, 0.15) is 48.7 Å². The van der Waals surface area contributed by atoms with E-state index in [0.29, 0.717) is 18.1 Å². The van der Waals surface area contributed by atoms with Gasteiger partial charge in [-0.3, -0.25) is 5.10 Å². The number of H-pyrrole nitrogens is 1. The molecule has 0 saturated heterocycles. The van der Waals surface area contributed by atoms with Crippen molar-refractivity contribution in [3.05, 3.63) is 17.5 Å². The number of nitrogens with zero attached hydrogens (tertiary/aromatic N) is 1. The molecule has 1 aromatic rings. The molecule has 1 heterocycles. The van der Waals surface area contributed by atoms with Crippen LogP contribution in [0.2, 0.25) is 0 Å². The van der Waals surface area contributed by atoms with Gasteiger partial charge in [-0.1, -0.05) is 6.92 Å². The van der Waals surface area contributed by atoms with E-state index < -0.39 is 0 Å². The first-order valence-electron chi connectivity index (χ1n) is 5.42. The molecule has 4 heteroatoms. The van der Waals surface area contributed by atoms with Gasteiger partial charge in [0.15, 0.2) is 0 Å². The molecule has 1 N–H and O–H groups in total. The standard InChI is InChI=1S/C11H16N2O2/c1-3-15-11(14)9-6-12-13-10(9)8-4-7(2)5-8/h6-8H,3-5H2,1-2H3,(H,12,13). The molecular formula is C11H16N2O2. The summed E-state index contributed by atoms with van der Waals surface area (Å²) in [5.74, 6) is 0.955. The van der Waals surface area contributed by atoms with Gasteiger partial charge in [0.05, 0.1) is 18.5 Å². The van der Waals surface area contributed by atoms with E-state index in [2.05, 4.69) is 17.1 Å². The Morgan fingerprint density at radius 2 is 2.40 bits per heavy atom. The lowest BCUT2D eigenvalue weighted by Crippen LogP contribution is -2.21. The van der Waals surface area contributed by atoms with Gasteiger partial charge in [-0.2, -0.15) is 5.10 Å². The van der Waals surface area contributed by atoms with Crippen LogP contribution < -0.4 is 0 Å². The van der Waals surface area contributed by atoms with Gasteiger partial charge in [-0.15, -0.1) is 0 Å². The Bertz CT molecular complexity index is 353. The van der Waals surface area contributed by atoms with E-state index in [1.54, 1.807) is 6.20 Å². The highest BCUT2D eigenvalue weighted by Gasteiger charge is 2.31. The molecule has 0 atom stereocenters. The Morgan fingerprint density at radius 1 is 1.67 bits per heavy atom. The number of aromatic amines is 1. The molecule has 0 radical (unpaired) electrons. The van der Waals surface area contributed by atoms with Crippen molar-refractivity contribution >= 4 is 5.97 Å². The number of carbonyl (C=O) groups excluding carboxylic acids is 1. The molecular weight excluding hydrogens is 192 g/mol. The van der Waals surface area contributed by atoms with E-state index in [4.69, 9.17) is 4.74 Å². The third-order valence-electron chi connectivity index (χ3n) is 2.95. The van der Waals surface area contributed by atoms with E-state index >= 15 is 0 Å². The molecule has 15 heavy (non-hydrogen) atoms. The number of ether oxygens (including phenoxy) is 1. The maximum atomic E-state index is 11.6. The largest absolute Gasteiger partial charge is 0.462 e. The number of rotatable bonds is 3. The molecule has 0 aliphatic heterocycles. The summed E-state index contributed by atoms with van der Waals surface area (Å²) < 4.78 is 4.97. The summed E-state index contributed by atoms with van der Waals surface area (Å²) in [7, 11) is 0. The number of carbonyl (C=O) groups is 1. The normalized spacial score (nSPS) is 24.7. The summed E-state index contributed by atoms with van der Waals surface area (Å²) in [6.45, 7) is 4.44. The number of aromatic nitrogens is 2. The van der Waals surface area contributed by atoms with Crippen LogP contribution in [0.3, 0.4) is 0 Å². The summed E-state index contributed by atoms with van der Waals surface area (Å²) in [4.78, 5) is 11.6. The molecule has 1 saturated carbocycles. The fourth-order valence-electron chi connectivity index (χ4n) is 2.12. The van der Waals surface area contributed by atoms with Crippen molar-refractivity contribution in [2.24, 2.45) is 5.92 Å². The maximum absolute atomic E-state index is 11.6. The molecule has 0 amide bonds. The average Bonchev–Trinajstić information content (AvgIpc) is 2.61. The minimum Gasteiger partial charge on any atom is -0.462 e. The van der Waals surface area contributed by atoms with Crippen LogP contribution in [-0.2, 0) is 4.74 Å². The highest BCUT2D eigenvalue weighted by Crippen LogP contribution is 2.41. The van der Waals surface area contributed by atoms with Crippen molar-refractivity contribution < 1.29 is 9.53 Å². The maximum Gasteiger partial charge on any atom is 0.341 e. The summed E-state index contributed by atoms with van der Waals surface area (Å²) >= 11 is 0. The van der Waals surface area contributed by atoms with Crippen molar-refractivity contribution in [3.63, 3.8) is 0 Å². The van der Waals surface area contributed by atoms with Gasteiger partial charge in [0.1, 0.15) is 5.56 Å². The quantitative estimate of drug-likeness (QED) is 0.774. The van der Waals surface area contributed by atoms with Crippen LogP contribution in [0.15, 0.2) is 6.20 Å². The summed E-state index contributed by atoms with van der Waals surface area (Å²) in [6.07, 6.45) is 3.83. The predicted octanol–water partition coefficient (Wildman–Crippen LogP) is 2.10.